The second kappa shape index (κ2) is 7.37. The van der Waals surface area contributed by atoms with Crippen LogP contribution in [0.5, 0.6) is 0 Å². The van der Waals surface area contributed by atoms with Crippen molar-refractivity contribution in [2.24, 2.45) is 0 Å². The molecule has 0 atom stereocenters. The van der Waals surface area contributed by atoms with Crippen molar-refractivity contribution < 1.29 is 19.8 Å². The monoisotopic (exact) mass is 211 g/mol. The molecule has 0 spiro atoms. The molecule has 3 N–H and O–H groups in total. The van der Waals surface area contributed by atoms with Crippen molar-refractivity contribution in [3.8, 4) is 0 Å². The second-order valence-electron chi connectivity index (χ2n) is 2.63. The van der Waals surface area contributed by atoms with Crippen LogP contribution >= 0.6 is 0 Å². The minimum Gasteiger partial charge on any atom is -0.481 e. The highest BCUT2D eigenvalue weighted by atomic mass is 16.4. The van der Waals surface area contributed by atoms with E-state index in [2.05, 4.69) is 5.32 Å². The Morgan fingerprint density at radius 1 is 1.20 bits per heavy atom. The molecular weight excluding hydrogens is 198 g/mol. The van der Waals surface area contributed by atoms with Crippen molar-refractivity contribution >= 4 is 17.6 Å². The van der Waals surface area contributed by atoms with Gasteiger partial charge in [0.25, 0.3) is 5.97 Å². The van der Waals surface area contributed by atoms with Gasteiger partial charge in [0, 0.05) is 12.6 Å². The fraction of sp³-hybridized carbons (Fsp3) is 0.200. The van der Waals surface area contributed by atoms with Crippen LogP contribution in [0.25, 0.3) is 0 Å². The molecule has 5 nitrogen and oxygen atoms in total. The Hall–Kier alpha value is -2.04. The number of hydrogen-bond acceptors (Lipinski definition) is 3. The van der Waals surface area contributed by atoms with Crippen LogP contribution in [0.4, 0.5) is 5.69 Å². The molecular formula is C10H13NO4. The summed E-state index contributed by atoms with van der Waals surface area (Å²) in [5, 5.41) is 18.5. The highest BCUT2D eigenvalue weighted by Crippen LogP contribution is 2.03. The van der Waals surface area contributed by atoms with Gasteiger partial charge in [0.2, 0.25) is 0 Å². The standard InChI is InChI=1S/C8H9NO2.C2H4O2/c10-8(11)6-9-7-4-2-1-3-5-7;1-2(3)4/h1-5,9H,6H2,(H,10,11);1H3,(H,3,4). The number of rotatable bonds is 3. The average molecular weight is 211 g/mol. The topological polar surface area (TPSA) is 86.6 Å². The lowest BCUT2D eigenvalue weighted by Crippen LogP contribution is -2.11. The van der Waals surface area contributed by atoms with Crippen LogP contribution < -0.4 is 5.32 Å². The summed E-state index contributed by atoms with van der Waals surface area (Å²) in [5.74, 6) is -1.69. The number of aliphatic carboxylic acids is 2. The van der Waals surface area contributed by atoms with Crippen LogP contribution in [0.15, 0.2) is 30.3 Å². The summed E-state index contributed by atoms with van der Waals surface area (Å²) in [5.41, 5.74) is 0.829. The summed E-state index contributed by atoms with van der Waals surface area (Å²) in [6, 6.07) is 9.23. The van der Waals surface area contributed by atoms with Gasteiger partial charge in [-0.05, 0) is 12.1 Å². The highest BCUT2D eigenvalue weighted by Gasteiger charge is 1.93. The molecule has 1 rings (SSSR count). The maximum absolute atomic E-state index is 10.1. The molecule has 1 aromatic carbocycles. The third-order valence-corrected chi connectivity index (χ3v) is 1.22. The zero-order valence-corrected chi connectivity index (χ0v) is 8.30. The number of para-hydroxylation sites is 1. The normalized spacial score (nSPS) is 8.33. The van der Waals surface area contributed by atoms with Gasteiger partial charge in [0.05, 0.1) is 0 Å². The van der Waals surface area contributed by atoms with Crippen molar-refractivity contribution in [2.45, 2.75) is 6.92 Å². The van der Waals surface area contributed by atoms with Crippen LogP contribution in [-0.4, -0.2) is 28.7 Å². The molecule has 0 heterocycles. The Kier molecular flexibility index (Phi) is 6.37. The molecule has 0 aliphatic heterocycles. The van der Waals surface area contributed by atoms with Gasteiger partial charge in [-0.3, -0.25) is 9.59 Å². The zero-order valence-electron chi connectivity index (χ0n) is 8.30. The van der Waals surface area contributed by atoms with Gasteiger partial charge in [-0.1, -0.05) is 18.2 Å². The first-order valence-corrected chi connectivity index (χ1v) is 4.22. The third-order valence-electron chi connectivity index (χ3n) is 1.22. The van der Waals surface area contributed by atoms with Gasteiger partial charge in [-0.15, -0.1) is 0 Å². The van der Waals surface area contributed by atoms with Crippen molar-refractivity contribution in [1.82, 2.24) is 0 Å². The SMILES string of the molecule is CC(=O)O.O=C(O)CNc1ccccc1. The van der Waals surface area contributed by atoms with E-state index in [0.29, 0.717) is 0 Å². The molecule has 0 aromatic heterocycles. The molecule has 0 radical (unpaired) electrons. The minimum atomic E-state index is -0.853. The lowest BCUT2D eigenvalue weighted by atomic mass is 10.3. The van der Waals surface area contributed by atoms with Gasteiger partial charge < -0.3 is 15.5 Å². The summed E-state index contributed by atoms with van der Waals surface area (Å²) in [4.78, 5) is 19.1. The van der Waals surface area contributed by atoms with E-state index in [9.17, 15) is 4.79 Å². The third kappa shape index (κ3) is 9.88. The number of anilines is 1. The van der Waals surface area contributed by atoms with Crippen LogP contribution in [0, 0.1) is 0 Å². The predicted octanol–water partition coefficient (Wildman–Crippen LogP) is 1.27. The first kappa shape index (κ1) is 13.0. The molecule has 82 valence electrons. The van der Waals surface area contributed by atoms with E-state index in [-0.39, 0.29) is 6.54 Å². The molecule has 0 saturated heterocycles. The van der Waals surface area contributed by atoms with E-state index in [1.165, 1.54) is 0 Å². The van der Waals surface area contributed by atoms with Gasteiger partial charge in [0.1, 0.15) is 6.54 Å². The summed E-state index contributed by atoms with van der Waals surface area (Å²) in [7, 11) is 0. The van der Waals surface area contributed by atoms with Crippen LogP contribution in [0.2, 0.25) is 0 Å². The molecule has 0 fully saturated rings. The molecule has 0 amide bonds. The summed E-state index contributed by atoms with van der Waals surface area (Å²) < 4.78 is 0. The van der Waals surface area contributed by atoms with E-state index in [1.54, 1.807) is 0 Å². The molecule has 0 unspecified atom stereocenters. The summed E-state index contributed by atoms with van der Waals surface area (Å²) in [6.45, 7) is 1.05. The molecule has 0 aliphatic carbocycles. The number of carbonyl (C=O) groups is 2. The fourth-order valence-corrected chi connectivity index (χ4v) is 0.734. The van der Waals surface area contributed by atoms with Gasteiger partial charge in [-0.25, -0.2) is 0 Å². The van der Waals surface area contributed by atoms with Crippen molar-refractivity contribution in [1.29, 1.82) is 0 Å². The van der Waals surface area contributed by atoms with Crippen LogP contribution in [-0.2, 0) is 9.59 Å². The number of nitrogens with one attached hydrogen (secondary N) is 1. The Morgan fingerprint density at radius 3 is 2.07 bits per heavy atom. The first-order valence-electron chi connectivity index (χ1n) is 4.22. The van der Waals surface area contributed by atoms with Crippen molar-refractivity contribution in [3.05, 3.63) is 30.3 Å². The number of carboxylic acids is 2. The predicted molar refractivity (Wildman–Crippen MR) is 55.9 cm³/mol. The molecule has 0 aliphatic rings. The molecule has 15 heavy (non-hydrogen) atoms. The smallest absolute Gasteiger partial charge is 0.322 e. The quantitative estimate of drug-likeness (QED) is 0.701. The highest BCUT2D eigenvalue weighted by molar-refractivity contribution is 5.72. The van der Waals surface area contributed by atoms with Crippen LogP contribution in [0.1, 0.15) is 6.92 Å². The number of carboxylic acid groups (broad SMARTS) is 2. The molecule has 1 aromatic rings. The van der Waals surface area contributed by atoms with Crippen molar-refractivity contribution in [2.75, 3.05) is 11.9 Å². The Morgan fingerprint density at radius 2 is 1.67 bits per heavy atom. The second-order valence-corrected chi connectivity index (χ2v) is 2.63. The van der Waals surface area contributed by atoms with E-state index in [1.807, 2.05) is 30.3 Å². The van der Waals surface area contributed by atoms with E-state index < -0.39 is 11.9 Å². The zero-order chi connectivity index (χ0) is 11.7. The summed E-state index contributed by atoms with van der Waals surface area (Å²) >= 11 is 0. The minimum absolute atomic E-state index is 0.0377. The lowest BCUT2D eigenvalue weighted by molar-refractivity contribution is -0.135. The number of hydrogen-bond donors (Lipinski definition) is 3. The first-order chi connectivity index (χ1) is 7.02. The number of benzene rings is 1. The van der Waals surface area contributed by atoms with E-state index in [4.69, 9.17) is 15.0 Å². The van der Waals surface area contributed by atoms with Gasteiger partial charge in [-0.2, -0.15) is 0 Å². The van der Waals surface area contributed by atoms with Gasteiger partial charge in [0.15, 0.2) is 0 Å². The largest absolute Gasteiger partial charge is 0.481 e. The Balaban J connectivity index is 0.000000423. The van der Waals surface area contributed by atoms with Gasteiger partial charge >= 0.3 is 5.97 Å². The fourth-order valence-electron chi connectivity index (χ4n) is 0.734. The Labute approximate surface area is 87.4 Å². The molecule has 0 bridgehead atoms. The molecule has 0 saturated carbocycles. The van der Waals surface area contributed by atoms with Crippen molar-refractivity contribution in [3.63, 3.8) is 0 Å². The average Bonchev–Trinajstić information content (AvgIpc) is 2.15. The van der Waals surface area contributed by atoms with Crippen LogP contribution in [0.3, 0.4) is 0 Å². The Bertz CT molecular complexity index is 306. The maximum Gasteiger partial charge on any atom is 0.322 e. The molecule has 5 heteroatoms. The lowest BCUT2D eigenvalue weighted by Gasteiger charge is -2.00. The van der Waals surface area contributed by atoms with E-state index >= 15 is 0 Å². The van der Waals surface area contributed by atoms with E-state index in [0.717, 1.165) is 12.6 Å². The summed E-state index contributed by atoms with van der Waals surface area (Å²) in [6.07, 6.45) is 0. The maximum atomic E-state index is 10.1.